The van der Waals surface area contributed by atoms with Crippen LogP contribution in [0.15, 0.2) is 48.5 Å². The van der Waals surface area contributed by atoms with Crippen molar-refractivity contribution in [3.05, 3.63) is 64.7 Å². The molecule has 2 nitrogen and oxygen atoms in total. The molecule has 2 aromatic rings. The van der Waals surface area contributed by atoms with Gasteiger partial charge in [0.05, 0.1) is 0 Å². The first-order valence-corrected chi connectivity index (χ1v) is 6.62. The number of rotatable bonds is 4. The molecule has 0 unspecified atom stereocenters. The molecular weight excluding hydrogens is 258 g/mol. The molecule has 0 bridgehead atoms. The quantitative estimate of drug-likeness (QED) is 0.888. The van der Waals surface area contributed by atoms with Crippen LogP contribution >= 0.6 is 11.6 Å². The molecule has 0 heterocycles. The van der Waals surface area contributed by atoms with Gasteiger partial charge in [0, 0.05) is 17.1 Å². The van der Waals surface area contributed by atoms with E-state index in [0.717, 1.165) is 17.7 Å². The molecule has 1 amide bonds. The molecule has 2 aromatic carbocycles. The van der Waals surface area contributed by atoms with Crippen LogP contribution in [0.25, 0.3) is 0 Å². The van der Waals surface area contributed by atoms with Crippen LogP contribution in [0, 0.1) is 6.92 Å². The Morgan fingerprint density at radius 1 is 1.05 bits per heavy atom. The van der Waals surface area contributed by atoms with Crippen molar-refractivity contribution >= 4 is 23.2 Å². The number of aryl methyl sites for hydroxylation is 2. The number of benzene rings is 2. The maximum absolute atomic E-state index is 11.8. The summed E-state index contributed by atoms with van der Waals surface area (Å²) in [5.74, 6) is 0.0267. The van der Waals surface area contributed by atoms with Crippen LogP contribution < -0.4 is 5.32 Å². The fraction of sp³-hybridized carbons (Fsp3) is 0.188. The molecule has 0 spiro atoms. The van der Waals surface area contributed by atoms with E-state index < -0.39 is 0 Å². The molecule has 0 saturated carbocycles. The summed E-state index contributed by atoms with van der Waals surface area (Å²) >= 11 is 5.82. The Hall–Kier alpha value is -1.80. The molecule has 3 heteroatoms. The van der Waals surface area contributed by atoms with Gasteiger partial charge < -0.3 is 5.32 Å². The Morgan fingerprint density at radius 3 is 2.32 bits per heavy atom. The molecule has 2 rings (SSSR count). The van der Waals surface area contributed by atoms with Gasteiger partial charge in [-0.05, 0) is 43.2 Å². The minimum Gasteiger partial charge on any atom is -0.326 e. The number of carbonyl (C=O) groups is 1. The van der Waals surface area contributed by atoms with E-state index in [-0.39, 0.29) is 5.91 Å². The highest BCUT2D eigenvalue weighted by molar-refractivity contribution is 6.30. The topological polar surface area (TPSA) is 29.1 Å². The molecule has 0 fully saturated rings. The summed E-state index contributed by atoms with van der Waals surface area (Å²) in [4.78, 5) is 11.8. The van der Waals surface area contributed by atoms with Gasteiger partial charge >= 0.3 is 0 Å². The Balaban J connectivity index is 1.84. The zero-order valence-corrected chi connectivity index (χ0v) is 11.6. The number of nitrogens with one attached hydrogen (secondary N) is 1. The van der Waals surface area contributed by atoms with Crippen LogP contribution in [-0.2, 0) is 11.2 Å². The van der Waals surface area contributed by atoms with Crippen molar-refractivity contribution in [2.24, 2.45) is 0 Å². The zero-order valence-electron chi connectivity index (χ0n) is 10.8. The average Bonchev–Trinajstić information content (AvgIpc) is 2.41. The molecule has 98 valence electrons. The highest BCUT2D eigenvalue weighted by Gasteiger charge is 2.03. The second-order valence-electron chi connectivity index (χ2n) is 4.54. The van der Waals surface area contributed by atoms with E-state index >= 15 is 0 Å². The Labute approximate surface area is 118 Å². The van der Waals surface area contributed by atoms with Gasteiger partial charge in [0.2, 0.25) is 5.91 Å². The van der Waals surface area contributed by atoms with Crippen LogP contribution in [0.5, 0.6) is 0 Å². The highest BCUT2D eigenvalue weighted by Crippen LogP contribution is 2.12. The van der Waals surface area contributed by atoms with Gasteiger partial charge in [-0.2, -0.15) is 0 Å². The Kier molecular flexibility index (Phi) is 4.58. The fourth-order valence-electron chi connectivity index (χ4n) is 1.77. The van der Waals surface area contributed by atoms with E-state index in [0.29, 0.717) is 11.4 Å². The number of hydrogen-bond donors (Lipinski definition) is 1. The van der Waals surface area contributed by atoms with Gasteiger partial charge in [0.15, 0.2) is 0 Å². The molecule has 0 atom stereocenters. The Morgan fingerprint density at radius 2 is 1.68 bits per heavy atom. The average molecular weight is 274 g/mol. The largest absolute Gasteiger partial charge is 0.326 e. The van der Waals surface area contributed by atoms with Crippen LogP contribution in [-0.4, -0.2) is 5.91 Å². The third-order valence-electron chi connectivity index (χ3n) is 2.89. The molecule has 1 N–H and O–H groups in total. The lowest BCUT2D eigenvalue weighted by Crippen LogP contribution is -2.12. The van der Waals surface area contributed by atoms with E-state index in [1.54, 1.807) is 0 Å². The number of halogens is 1. The van der Waals surface area contributed by atoms with E-state index in [1.807, 2.05) is 55.5 Å². The highest BCUT2D eigenvalue weighted by atomic mass is 35.5. The second-order valence-corrected chi connectivity index (χ2v) is 4.98. The van der Waals surface area contributed by atoms with Crippen LogP contribution in [0.4, 0.5) is 5.69 Å². The molecular formula is C16H16ClNO. The molecule has 0 saturated heterocycles. The first-order valence-electron chi connectivity index (χ1n) is 6.24. The summed E-state index contributed by atoms with van der Waals surface area (Å²) in [5, 5.41) is 3.60. The normalized spacial score (nSPS) is 10.2. The summed E-state index contributed by atoms with van der Waals surface area (Å²) in [5.41, 5.74) is 3.13. The third kappa shape index (κ3) is 4.42. The lowest BCUT2D eigenvalue weighted by Gasteiger charge is -2.05. The first kappa shape index (κ1) is 13.6. The van der Waals surface area contributed by atoms with Crippen molar-refractivity contribution in [3.8, 4) is 0 Å². The SMILES string of the molecule is Cc1ccc(NC(=O)CCc2ccc(Cl)cc2)cc1. The van der Waals surface area contributed by atoms with Crippen LogP contribution in [0.2, 0.25) is 5.02 Å². The maximum Gasteiger partial charge on any atom is 0.224 e. The molecule has 19 heavy (non-hydrogen) atoms. The van der Waals surface area contributed by atoms with Gasteiger partial charge in [-0.25, -0.2) is 0 Å². The monoisotopic (exact) mass is 273 g/mol. The van der Waals surface area contributed by atoms with Gasteiger partial charge in [0.1, 0.15) is 0 Å². The van der Waals surface area contributed by atoms with Crippen molar-refractivity contribution in [3.63, 3.8) is 0 Å². The minimum absolute atomic E-state index is 0.0267. The van der Waals surface area contributed by atoms with E-state index in [9.17, 15) is 4.79 Å². The summed E-state index contributed by atoms with van der Waals surface area (Å²) in [6.45, 7) is 2.02. The zero-order chi connectivity index (χ0) is 13.7. The van der Waals surface area contributed by atoms with Crippen LogP contribution in [0.3, 0.4) is 0 Å². The van der Waals surface area contributed by atoms with Crippen molar-refractivity contribution in [1.82, 2.24) is 0 Å². The van der Waals surface area contributed by atoms with Gasteiger partial charge in [-0.15, -0.1) is 0 Å². The fourth-order valence-corrected chi connectivity index (χ4v) is 1.90. The van der Waals surface area contributed by atoms with Crippen molar-refractivity contribution < 1.29 is 4.79 Å². The van der Waals surface area contributed by atoms with E-state index in [2.05, 4.69) is 5.32 Å². The minimum atomic E-state index is 0.0267. The van der Waals surface area contributed by atoms with Crippen molar-refractivity contribution in [1.29, 1.82) is 0 Å². The predicted octanol–water partition coefficient (Wildman–Crippen LogP) is 4.22. The number of hydrogen-bond acceptors (Lipinski definition) is 1. The molecule has 0 aromatic heterocycles. The first-order chi connectivity index (χ1) is 9.13. The van der Waals surface area contributed by atoms with Crippen LogP contribution in [0.1, 0.15) is 17.5 Å². The number of anilines is 1. The number of carbonyl (C=O) groups excluding carboxylic acids is 1. The third-order valence-corrected chi connectivity index (χ3v) is 3.14. The standard InChI is InChI=1S/C16H16ClNO/c1-12-2-9-15(10-3-12)18-16(19)11-6-13-4-7-14(17)8-5-13/h2-5,7-10H,6,11H2,1H3,(H,18,19). The number of amides is 1. The smallest absolute Gasteiger partial charge is 0.224 e. The summed E-state index contributed by atoms with van der Waals surface area (Å²) < 4.78 is 0. The van der Waals surface area contributed by atoms with Gasteiger partial charge in [-0.1, -0.05) is 41.4 Å². The lowest BCUT2D eigenvalue weighted by molar-refractivity contribution is -0.116. The predicted molar refractivity (Wildman–Crippen MR) is 79.6 cm³/mol. The summed E-state index contributed by atoms with van der Waals surface area (Å²) in [6.07, 6.45) is 1.18. The van der Waals surface area contributed by atoms with Gasteiger partial charge in [-0.3, -0.25) is 4.79 Å². The molecule has 0 aliphatic rings. The second kappa shape index (κ2) is 6.39. The summed E-state index contributed by atoms with van der Waals surface area (Å²) in [6, 6.07) is 15.4. The maximum atomic E-state index is 11.8. The molecule has 0 aliphatic carbocycles. The van der Waals surface area contributed by atoms with E-state index in [4.69, 9.17) is 11.6 Å². The summed E-state index contributed by atoms with van der Waals surface area (Å²) in [7, 11) is 0. The van der Waals surface area contributed by atoms with Crippen molar-refractivity contribution in [2.75, 3.05) is 5.32 Å². The Bertz CT molecular complexity index is 546. The van der Waals surface area contributed by atoms with Crippen molar-refractivity contribution in [2.45, 2.75) is 19.8 Å². The lowest BCUT2D eigenvalue weighted by atomic mass is 10.1. The van der Waals surface area contributed by atoms with E-state index in [1.165, 1.54) is 5.56 Å². The molecule has 0 aliphatic heterocycles. The van der Waals surface area contributed by atoms with Gasteiger partial charge in [0.25, 0.3) is 0 Å². The molecule has 0 radical (unpaired) electrons.